The van der Waals surface area contributed by atoms with Gasteiger partial charge in [0.05, 0.1) is 0 Å². The van der Waals surface area contributed by atoms with Gasteiger partial charge in [0.2, 0.25) is 0 Å². The van der Waals surface area contributed by atoms with Crippen molar-refractivity contribution in [1.82, 2.24) is 0 Å². The minimum absolute atomic E-state index is 0.235. The van der Waals surface area contributed by atoms with Crippen molar-refractivity contribution in [3.05, 3.63) is 12.2 Å². The Hall–Kier alpha value is -0.772. The van der Waals surface area contributed by atoms with Gasteiger partial charge in [-0.1, -0.05) is 6.58 Å². The van der Waals surface area contributed by atoms with Crippen molar-refractivity contribution in [2.75, 3.05) is 6.61 Å². The van der Waals surface area contributed by atoms with E-state index in [0.29, 0.717) is 18.9 Å². The van der Waals surface area contributed by atoms with Gasteiger partial charge in [0, 0.05) is 11.6 Å². The maximum Gasteiger partial charge on any atom is 0.505 e. The van der Waals surface area contributed by atoms with Crippen molar-refractivity contribution in [1.29, 1.82) is 0 Å². The Kier molecular flexibility index (Phi) is 11.6. The fraction of sp³-hybridized carbons (Fsp3) is 0.789. The predicted molar refractivity (Wildman–Crippen MR) is 132 cm³/mol. The lowest BCUT2D eigenvalue weighted by Crippen LogP contribution is -2.60. The minimum atomic E-state index is -3.01. The fourth-order valence-corrected chi connectivity index (χ4v) is 17.4. The molecule has 12 heteroatoms. The fourth-order valence-electron chi connectivity index (χ4n) is 2.75. The molecule has 0 aromatic rings. The number of hydrogen-bond acceptors (Lipinski definition) is 7. The molecule has 0 aromatic carbocycles. The van der Waals surface area contributed by atoms with Crippen molar-refractivity contribution in [3.8, 4) is 0 Å². The van der Waals surface area contributed by atoms with Crippen molar-refractivity contribution in [2.24, 2.45) is 0 Å². The number of rotatable bonds is 14. The zero-order chi connectivity index (χ0) is 24.7. The van der Waals surface area contributed by atoms with Crippen LogP contribution < -0.4 is 0 Å². The Morgan fingerprint density at radius 1 is 0.871 bits per heavy atom. The van der Waals surface area contributed by atoms with E-state index in [9.17, 15) is 9.59 Å². The van der Waals surface area contributed by atoms with Crippen LogP contribution in [0.3, 0.4) is 0 Å². The van der Waals surface area contributed by atoms with Crippen LogP contribution in [0.4, 0.5) is 4.79 Å². The van der Waals surface area contributed by atoms with Crippen molar-refractivity contribution < 1.29 is 36.5 Å². The molecule has 1 unspecified atom stereocenters. The Labute approximate surface area is 192 Å². The van der Waals surface area contributed by atoms with Crippen molar-refractivity contribution >= 4 is 45.9 Å². The molecule has 0 aliphatic rings. The van der Waals surface area contributed by atoms with Gasteiger partial charge in [-0.15, -0.1) is 0 Å². The smallest absolute Gasteiger partial charge is 0.455 e. The monoisotopic (exact) mass is 510 g/mol. The van der Waals surface area contributed by atoms with Crippen LogP contribution in [0.5, 0.6) is 0 Å². The highest BCUT2D eigenvalue weighted by molar-refractivity contribution is 6.90. The summed E-state index contributed by atoms with van der Waals surface area (Å²) >= 11 is 0. The van der Waals surface area contributed by atoms with E-state index in [0.717, 1.165) is 0 Å². The zero-order valence-electron chi connectivity index (χ0n) is 20.9. The van der Waals surface area contributed by atoms with Crippen LogP contribution in [0, 0.1) is 0 Å². The highest BCUT2D eigenvalue weighted by Crippen LogP contribution is 2.30. The Morgan fingerprint density at radius 3 is 1.61 bits per heavy atom. The van der Waals surface area contributed by atoms with Gasteiger partial charge in [0.15, 0.2) is 25.0 Å². The van der Waals surface area contributed by atoms with Crippen LogP contribution in [0.1, 0.15) is 19.8 Å². The summed E-state index contributed by atoms with van der Waals surface area (Å²) in [4.78, 5) is 22.8. The average molecular weight is 511 g/mol. The van der Waals surface area contributed by atoms with E-state index in [1.54, 1.807) is 6.92 Å². The van der Waals surface area contributed by atoms with Gasteiger partial charge in [-0.3, -0.25) is 0 Å². The summed E-state index contributed by atoms with van der Waals surface area (Å²) in [6.45, 7) is 24.0. The maximum absolute atomic E-state index is 11.9. The number of carboxylic acid groups (broad SMARTS) is 1. The third-order valence-corrected chi connectivity index (χ3v) is 15.5. The topological polar surface area (TPSA) is 101 Å². The SMILES string of the molecule is C=C(C)C(=O)OC(CCC[Si](O[Si](C)(C)C)(O[Si](C)(C)C)O[Si](C)(C)C)COC(=O)O. The molecule has 1 N–H and O–H groups in total. The third kappa shape index (κ3) is 15.6. The lowest BCUT2D eigenvalue weighted by atomic mass is 10.2. The van der Waals surface area contributed by atoms with Gasteiger partial charge < -0.3 is 26.9 Å². The van der Waals surface area contributed by atoms with E-state index in [1.807, 2.05) is 0 Å². The summed E-state index contributed by atoms with van der Waals surface area (Å²) in [5.41, 5.74) is 0.246. The van der Waals surface area contributed by atoms with Crippen LogP contribution in [0.15, 0.2) is 12.2 Å². The summed E-state index contributed by atoms with van der Waals surface area (Å²) in [7, 11) is -8.96. The summed E-state index contributed by atoms with van der Waals surface area (Å²) < 4.78 is 29.9. The quantitative estimate of drug-likeness (QED) is 0.187. The second-order valence-electron chi connectivity index (χ2n) is 10.6. The van der Waals surface area contributed by atoms with Gasteiger partial charge in [-0.25, -0.2) is 9.59 Å². The summed E-state index contributed by atoms with van der Waals surface area (Å²) in [6.07, 6.45) is -1.13. The second-order valence-corrected chi connectivity index (χ2v) is 27.6. The standard InChI is InChI=1S/C19H42O8Si4/c1-16(2)18(20)24-17(15-23-19(21)22)13-12-14-31(25-28(3,4)5,26-29(6,7)8)27-30(9,10)11/h17H,1,12-15H2,2-11H3,(H,21,22). The molecule has 0 bridgehead atoms. The highest BCUT2D eigenvalue weighted by Gasteiger charge is 2.49. The lowest BCUT2D eigenvalue weighted by molar-refractivity contribution is -0.147. The Balaban J connectivity index is 5.59. The van der Waals surface area contributed by atoms with E-state index < -0.39 is 52.0 Å². The molecule has 0 amide bonds. The van der Waals surface area contributed by atoms with Crippen LogP contribution >= 0.6 is 0 Å². The second kappa shape index (κ2) is 11.9. The molecule has 0 fully saturated rings. The molecule has 0 aromatic heterocycles. The first-order valence-electron chi connectivity index (χ1n) is 10.6. The van der Waals surface area contributed by atoms with E-state index in [-0.39, 0.29) is 12.2 Å². The highest BCUT2D eigenvalue weighted by atomic mass is 28.5. The first-order chi connectivity index (χ1) is 13.7. The Morgan fingerprint density at radius 2 is 1.29 bits per heavy atom. The number of ether oxygens (including phenoxy) is 2. The molecular formula is C19H42O8Si4. The third-order valence-electron chi connectivity index (χ3n) is 3.41. The van der Waals surface area contributed by atoms with Crippen molar-refractivity contribution in [3.63, 3.8) is 0 Å². The minimum Gasteiger partial charge on any atom is -0.455 e. The van der Waals surface area contributed by atoms with Gasteiger partial charge in [0.1, 0.15) is 12.7 Å². The summed E-state index contributed by atoms with van der Waals surface area (Å²) in [5, 5.41) is 8.82. The Bertz CT molecular complexity index is 579. The van der Waals surface area contributed by atoms with Crippen molar-refractivity contribution in [2.45, 2.75) is 90.8 Å². The van der Waals surface area contributed by atoms with Gasteiger partial charge in [-0.05, 0) is 78.7 Å². The van der Waals surface area contributed by atoms with E-state index in [1.165, 1.54) is 0 Å². The largest absolute Gasteiger partial charge is 0.505 e. The normalized spacial score (nSPS) is 14.1. The molecule has 0 radical (unpaired) electrons. The van der Waals surface area contributed by atoms with Crippen LogP contribution in [0.2, 0.25) is 65.0 Å². The first kappa shape index (κ1) is 30.2. The average Bonchev–Trinajstić information content (AvgIpc) is 2.46. The molecule has 0 saturated carbocycles. The maximum atomic E-state index is 11.9. The molecule has 0 heterocycles. The molecule has 1 atom stereocenters. The molecule has 0 aliphatic heterocycles. The molecule has 8 nitrogen and oxygen atoms in total. The van der Waals surface area contributed by atoms with E-state index in [4.69, 9.17) is 22.2 Å². The first-order valence-corrected chi connectivity index (χ1v) is 22.7. The summed E-state index contributed by atoms with van der Waals surface area (Å²) in [5.74, 6) is -0.572. The van der Waals surface area contributed by atoms with Crippen LogP contribution in [0.25, 0.3) is 0 Å². The number of hydrogen-bond donors (Lipinski definition) is 1. The predicted octanol–water partition coefficient (Wildman–Crippen LogP) is 5.44. The molecular weight excluding hydrogens is 469 g/mol. The molecule has 0 rings (SSSR count). The van der Waals surface area contributed by atoms with Crippen LogP contribution in [-0.2, 0) is 26.6 Å². The van der Waals surface area contributed by atoms with Gasteiger partial charge >= 0.3 is 20.9 Å². The molecule has 0 aliphatic carbocycles. The van der Waals surface area contributed by atoms with Crippen LogP contribution in [-0.4, -0.2) is 63.7 Å². The molecule has 0 saturated heterocycles. The van der Waals surface area contributed by atoms with Gasteiger partial charge in [-0.2, -0.15) is 0 Å². The lowest BCUT2D eigenvalue weighted by Gasteiger charge is -2.43. The number of esters is 1. The van der Waals surface area contributed by atoms with E-state index in [2.05, 4.69) is 70.2 Å². The zero-order valence-corrected chi connectivity index (χ0v) is 24.9. The van der Waals surface area contributed by atoms with Gasteiger partial charge in [0.25, 0.3) is 0 Å². The number of carbonyl (C=O) groups excluding carboxylic acids is 1. The molecule has 182 valence electrons. The van der Waals surface area contributed by atoms with E-state index >= 15 is 0 Å². The number of carbonyl (C=O) groups is 2. The molecule has 31 heavy (non-hydrogen) atoms. The summed E-state index contributed by atoms with van der Waals surface area (Å²) in [6, 6.07) is 0.569. The molecule has 0 spiro atoms.